The van der Waals surface area contributed by atoms with Crippen molar-refractivity contribution in [3.63, 3.8) is 0 Å². The Morgan fingerprint density at radius 1 is 0.857 bits per heavy atom. The van der Waals surface area contributed by atoms with Crippen molar-refractivity contribution < 1.29 is 18.7 Å². The zero-order chi connectivity index (χ0) is 33.7. The van der Waals surface area contributed by atoms with Crippen LogP contribution in [0.2, 0.25) is 0 Å². The van der Waals surface area contributed by atoms with Gasteiger partial charge in [0.15, 0.2) is 0 Å². The molecule has 1 aliphatic carbocycles. The van der Waals surface area contributed by atoms with Gasteiger partial charge in [0.1, 0.15) is 28.8 Å². The molecule has 2 aromatic carbocycles. The molecule has 4 aliphatic rings. The van der Waals surface area contributed by atoms with Gasteiger partial charge in [-0.25, -0.2) is 9.37 Å². The molecule has 4 fully saturated rings. The van der Waals surface area contributed by atoms with Gasteiger partial charge >= 0.3 is 0 Å². The third-order valence-corrected chi connectivity index (χ3v) is 10.9. The van der Waals surface area contributed by atoms with Crippen LogP contribution in [-0.2, 0) is 16.0 Å². The lowest BCUT2D eigenvalue weighted by atomic mass is 9.98. The van der Waals surface area contributed by atoms with Gasteiger partial charge in [-0.15, -0.1) is 0 Å². The van der Waals surface area contributed by atoms with Gasteiger partial charge in [-0.05, 0) is 68.5 Å². The van der Waals surface area contributed by atoms with E-state index in [1.54, 1.807) is 6.07 Å². The van der Waals surface area contributed by atoms with Gasteiger partial charge in [-0.2, -0.15) is 0 Å². The summed E-state index contributed by atoms with van der Waals surface area (Å²) in [7, 11) is 0. The van der Waals surface area contributed by atoms with Gasteiger partial charge in [0, 0.05) is 75.6 Å². The smallest absolute Gasteiger partial charge is 0.261 e. The molecule has 1 atom stereocenters. The molecule has 0 radical (unpaired) electrons. The Bertz CT molecular complexity index is 1680. The van der Waals surface area contributed by atoms with Crippen LogP contribution in [0.25, 0.3) is 10.9 Å². The number of anilines is 2. The molecule has 3 aliphatic heterocycles. The van der Waals surface area contributed by atoms with Crippen LogP contribution in [0.3, 0.4) is 0 Å². The number of benzene rings is 2. The molecule has 12 heteroatoms. The fourth-order valence-electron chi connectivity index (χ4n) is 7.82. The second-order valence-corrected chi connectivity index (χ2v) is 14.3. The van der Waals surface area contributed by atoms with Crippen molar-refractivity contribution in [2.75, 3.05) is 69.2 Å². The Hall–Kier alpha value is -4.03. The number of carbonyl (C=O) groups is 2. The quantitative estimate of drug-likeness (QED) is 0.260. The van der Waals surface area contributed by atoms with Crippen LogP contribution in [0.15, 0.2) is 41.2 Å². The van der Waals surface area contributed by atoms with E-state index < -0.39 is 11.4 Å². The highest BCUT2D eigenvalue weighted by Gasteiger charge is 2.27. The second-order valence-electron chi connectivity index (χ2n) is 14.3. The van der Waals surface area contributed by atoms with E-state index >= 15 is 0 Å². The highest BCUT2D eigenvalue weighted by atomic mass is 19.1. The molecule has 3 N–H and O–H groups in total. The van der Waals surface area contributed by atoms with E-state index in [4.69, 9.17) is 4.74 Å². The Morgan fingerprint density at radius 3 is 2.29 bits per heavy atom. The van der Waals surface area contributed by atoms with E-state index in [1.807, 2.05) is 12.1 Å². The largest absolute Gasteiger partial charge is 0.493 e. The molecule has 1 saturated carbocycles. The molecule has 0 spiro atoms. The number of aromatic amines is 1. The van der Waals surface area contributed by atoms with Gasteiger partial charge in [-0.3, -0.25) is 24.6 Å². The number of piperidine rings is 2. The first-order chi connectivity index (χ1) is 23.9. The standard InChI is InChI=1S/C37H48FN7O4/c38-30-22-29(23-32-35(30)37(48)41-33(40-32)21-25-3-1-2-4-25)49-24-26-11-13-43(14-12-26)15-16-44-17-19-45(20-18-44)28-7-5-27(6-8-28)39-31-9-10-34(46)42-36(31)47/h5-8,22-23,25-26,31,39H,1-4,9-21,24H2,(H,40,41,48)(H,42,46,47). The van der Waals surface area contributed by atoms with Crippen molar-refractivity contribution in [2.45, 2.75) is 63.8 Å². The van der Waals surface area contributed by atoms with E-state index in [1.165, 1.54) is 24.6 Å². The maximum atomic E-state index is 14.9. The number of likely N-dealkylation sites (tertiary alicyclic amines) is 1. The van der Waals surface area contributed by atoms with Crippen molar-refractivity contribution in [1.29, 1.82) is 0 Å². The summed E-state index contributed by atoms with van der Waals surface area (Å²) in [6.07, 6.45) is 8.45. The van der Waals surface area contributed by atoms with Crippen molar-refractivity contribution in [2.24, 2.45) is 11.8 Å². The van der Waals surface area contributed by atoms with Crippen LogP contribution in [0.5, 0.6) is 5.75 Å². The normalized spacial score (nSPS) is 21.7. The second kappa shape index (κ2) is 15.2. The predicted octanol–water partition coefficient (Wildman–Crippen LogP) is 3.93. The number of fused-ring (bicyclic) bond motifs is 1. The van der Waals surface area contributed by atoms with Crippen molar-refractivity contribution in [3.05, 3.63) is 58.4 Å². The summed E-state index contributed by atoms with van der Waals surface area (Å²) < 4.78 is 21.0. The number of piperazine rings is 1. The number of aromatic nitrogens is 2. The lowest BCUT2D eigenvalue weighted by Gasteiger charge is -2.38. The van der Waals surface area contributed by atoms with Crippen molar-refractivity contribution >= 4 is 34.1 Å². The zero-order valence-corrected chi connectivity index (χ0v) is 28.2. The molecule has 11 nitrogen and oxygen atoms in total. The molecule has 0 bridgehead atoms. The molecule has 3 aromatic rings. The predicted molar refractivity (Wildman–Crippen MR) is 188 cm³/mol. The Kier molecular flexibility index (Phi) is 10.4. The van der Waals surface area contributed by atoms with E-state index in [0.717, 1.165) is 90.1 Å². The number of H-pyrrole nitrogens is 1. The topological polar surface area (TPSA) is 123 Å². The van der Waals surface area contributed by atoms with Crippen LogP contribution in [-0.4, -0.2) is 96.6 Å². The summed E-state index contributed by atoms with van der Waals surface area (Å²) in [5, 5.41) is 5.65. The summed E-state index contributed by atoms with van der Waals surface area (Å²) in [6, 6.07) is 10.9. The molecule has 3 saturated heterocycles. The SMILES string of the molecule is O=C1CCC(Nc2ccc(N3CCN(CCN4CCC(COc5cc(F)c6c(=O)[nH]c(CC7CCCC7)nc6c5)CC4)CC3)cc2)C(=O)N1. The highest BCUT2D eigenvalue weighted by molar-refractivity contribution is 6.01. The average molecular weight is 674 g/mol. The maximum Gasteiger partial charge on any atom is 0.261 e. The number of rotatable bonds is 11. The summed E-state index contributed by atoms with van der Waals surface area (Å²) >= 11 is 0. The Morgan fingerprint density at radius 2 is 1.57 bits per heavy atom. The van der Waals surface area contributed by atoms with Crippen LogP contribution in [0.4, 0.5) is 15.8 Å². The molecule has 262 valence electrons. The number of nitrogens with one attached hydrogen (secondary N) is 3. The van der Waals surface area contributed by atoms with Gasteiger partial charge in [0.05, 0.1) is 12.1 Å². The molecule has 4 heterocycles. The summed E-state index contributed by atoms with van der Waals surface area (Å²) in [5.41, 5.74) is 2.02. The van der Waals surface area contributed by atoms with Crippen molar-refractivity contribution in [3.8, 4) is 5.75 Å². The maximum absolute atomic E-state index is 14.9. The molecule has 1 unspecified atom stereocenters. The van der Waals surface area contributed by atoms with E-state index in [0.29, 0.717) is 48.4 Å². The van der Waals surface area contributed by atoms with E-state index in [-0.39, 0.29) is 23.2 Å². The van der Waals surface area contributed by atoms with E-state index in [2.05, 4.69) is 47.4 Å². The van der Waals surface area contributed by atoms with Gasteiger partial charge < -0.3 is 24.8 Å². The lowest BCUT2D eigenvalue weighted by molar-refractivity contribution is -0.133. The fraction of sp³-hybridized carbons (Fsp3) is 0.568. The first-order valence-electron chi connectivity index (χ1n) is 18.1. The van der Waals surface area contributed by atoms with Gasteiger partial charge in [0.2, 0.25) is 11.8 Å². The number of nitrogens with zero attached hydrogens (tertiary/aromatic N) is 4. The zero-order valence-electron chi connectivity index (χ0n) is 28.2. The molecule has 49 heavy (non-hydrogen) atoms. The first kappa shape index (κ1) is 33.5. The minimum Gasteiger partial charge on any atom is -0.493 e. The highest BCUT2D eigenvalue weighted by Crippen LogP contribution is 2.28. The monoisotopic (exact) mass is 673 g/mol. The van der Waals surface area contributed by atoms with Crippen LogP contribution in [0, 0.1) is 17.7 Å². The van der Waals surface area contributed by atoms with Crippen LogP contribution in [0.1, 0.15) is 57.2 Å². The lowest BCUT2D eigenvalue weighted by Crippen LogP contribution is -2.49. The van der Waals surface area contributed by atoms with E-state index in [9.17, 15) is 18.8 Å². The number of imide groups is 1. The minimum absolute atomic E-state index is 0.00693. The average Bonchev–Trinajstić information content (AvgIpc) is 3.61. The molecule has 2 amide bonds. The summed E-state index contributed by atoms with van der Waals surface area (Å²) in [5.74, 6) is 0.985. The number of halogens is 1. The molecule has 1 aromatic heterocycles. The van der Waals surface area contributed by atoms with Crippen LogP contribution < -0.4 is 25.8 Å². The number of amides is 2. The minimum atomic E-state index is -0.582. The summed E-state index contributed by atoms with van der Waals surface area (Å²) in [6.45, 7) is 8.68. The summed E-state index contributed by atoms with van der Waals surface area (Å²) in [4.78, 5) is 51.0. The molecular weight excluding hydrogens is 625 g/mol. The van der Waals surface area contributed by atoms with Gasteiger partial charge in [0.25, 0.3) is 5.56 Å². The molecule has 7 rings (SSSR count). The molecular formula is C37H48FN7O4. The fourth-order valence-corrected chi connectivity index (χ4v) is 7.82. The van der Waals surface area contributed by atoms with Gasteiger partial charge in [-0.1, -0.05) is 25.7 Å². The third-order valence-electron chi connectivity index (χ3n) is 10.9. The van der Waals surface area contributed by atoms with Crippen LogP contribution >= 0.6 is 0 Å². The Balaban J connectivity index is 0.815. The first-order valence-corrected chi connectivity index (χ1v) is 18.1. The van der Waals surface area contributed by atoms with Crippen molar-refractivity contribution in [1.82, 2.24) is 25.1 Å². The number of hydrogen-bond acceptors (Lipinski definition) is 9. The number of hydrogen-bond donors (Lipinski definition) is 3. The number of ether oxygens (including phenoxy) is 1. The third kappa shape index (κ3) is 8.41. The Labute approximate surface area is 286 Å². The number of carbonyl (C=O) groups excluding carboxylic acids is 2.